The Morgan fingerprint density at radius 2 is 1.57 bits per heavy atom. The Balaban J connectivity index is 1.52. The van der Waals surface area contributed by atoms with Crippen molar-refractivity contribution < 1.29 is 31.5 Å². The van der Waals surface area contributed by atoms with E-state index in [2.05, 4.69) is 4.72 Å². The number of carbonyl (C=O) groups is 1. The average Bonchev–Trinajstić information content (AvgIpc) is 3.68. The van der Waals surface area contributed by atoms with Crippen molar-refractivity contribution in [3.8, 4) is 0 Å². The first-order chi connectivity index (χ1) is 17.2. The molecule has 7 nitrogen and oxygen atoms in total. The van der Waals surface area contributed by atoms with Crippen LogP contribution in [0.15, 0.2) is 54.6 Å². The molecule has 0 aromatic heterocycles. The van der Waals surface area contributed by atoms with E-state index < -0.39 is 27.4 Å². The molecule has 2 aromatic rings. The molecule has 2 aliphatic carbocycles. The molecule has 0 heterocycles. The molecule has 2 aromatic carbocycles. The van der Waals surface area contributed by atoms with Crippen LogP contribution in [0.25, 0.3) is 0 Å². The third-order valence-electron chi connectivity index (χ3n) is 7.72. The number of nitrogens with one attached hydrogen (secondary N) is 1. The van der Waals surface area contributed by atoms with Crippen molar-refractivity contribution in [2.45, 2.75) is 74.7 Å². The summed E-state index contributed by atoms with van der Waals surface area (Å²) < 4.78 is 65.3. The molecular weight excluding hydrogens is 507 g/mol. The first-order valence-corrected chi connectivity index (χ1v) is 13.8. The second-order valence-corrected chi connectivity index (χ2v) is 11.7. The topological polar surface area (TPSA) is 113 Å². The maximum absolute atomic E-state index is 13.5. The van der Waals surface area contributed by atoms with Crippen LogP contribution in [0.5, 0.6) is 0 Å². The quantitative estimate of drug-likeness (QED) is 0.475. The fourth-order valence-corrected chi connectivity index (χ4v) is 5.74. The average molecular weight is 540 g/mol. The number of nitrogens with zero attached hydrogens (tertiary/aromatic N) is 1. The molecule has 4 rings (SSSR count). The van der Waals surface area contributed by atoms with Crippen molar-refractivity contribution in [3.05, 3.63) is 71.3 Å². The molecule has 4 N–H and O–H groups in total. The Hall–Kier alpha value is -2.47. The maximum Gasteiger partial charge on any atom is 0.421 e. The molecule has 0 aliphatic heterocycles. The summed E-state index contributed by atoms with van der Waals surface area (Å²) in [5.74, 6) is -0.249. The predicted molar refractivity (Wildman–Crippen MR) is 133 cm³/mol. The van der Waals surface area contributed by atoms with Gasteiger partial charge in [-0.2, -0.15) is 21.6 Å². The SMILES string of the molecule is C[C@](O)(c1ccc(C(=O)N(C2CC2)C2CCC(CNS(N)(=O)=O)(c3ccccc3)CC2)cc1)C(F)(F)F. The van der Waals surface area contributed by atoms with Crippen LogP contribution in [0.1, 0.15) is 66.9 Å². The number of hydrogen-bond donors (Lipinski definition) is 3. The van der Waals surface area contributed by atoms with Crippen molar-refractivity contribution in [3.63, 3.8) is 0 Å². The van der Waals surface area contributed by atoms with E-state index in [1.165, 1.54) is 12.1 Å². The van der Waals surface area contributed by atoms with Crippen molar-refractivity contribution >= 4 is 16.1 Å². The standard InChI is InChI=1S/C26H32F3N3O4S/c1-24(34,26(27,28)29)19-9-7-18(8-10-19)23(33)32(21-11-12-21)22-13-15-25(16-14-22,17-31-37(30,35)36)20-5-3-2-4-6-20/h2-10,21-22,31,34H,11-17H2,1H3,(H2,30,35,36)/t22?,24-,25?/m0/s1. The lowest BCUT2D eigenvalue weighted by atomic mass is 9.68. The molecular formula is C26H32F3N3O4S. The lowest BCUT2D eigenvalue weighted by molar-refractivity contribution is -0.258. The van der Waals surface area contributed by atoms with E-state index in [0.717, 1.165) is 30.5 Å². The highest BCUT2D eigenvalue weighted by Crippen LogP contribution is 2.43. The molecule has 0 radical (unpaired) electrons. The van der Waals surface area contributed by atoms with Crippen LogP contribution >= 0.6 is 0 Å². The first kappa shape index (κ1) is 27.6. The summed E-state index contributed by atoms with van der Waals surface area (Å²) >= 11 is 0. The number of rotatable bonds is 8. The van der Waals surface area contributed by atoms with Crippen LogP contribution < -0.4 is 9.86 Å². The van der Waals surface area contributed by atoms with Gasteiger partial charge in [-0.25, -0.2) is 9.86 Å². The fraction of sp³-hybridized carbons (Fsp3) is 0.500. The minimum atomic E-state index is -4.84. The largest absolute Gasteiger partial charge is 0.421 e. The van der Waals surface area contributed by atoms with Gasteiger partial charge >= 0.3 is 6.18 Å². The summed E-state index contributed by atoms with van der Waals surface area (Å²) in [6.07, 6.45) is -0.569. The van der Waals surface area contributed by atoms with Crippen LogP contribution in [0.3, 0.4) is 0 Å². The number of halogens is 3. The highest BCUT2D eigenvalue weighted by atomic mass is 32.2. The second-order valence-electron chi connectivity index (χ2n) is 10.3. The number of benzene rings is 2. The molecule has 0 saturated heterocycles. The van der Waals surface area contributed by atoms with Crippen molar-refractivity contribution in [2.24, 2.45) is 5.14 Å². The number of nitrogens with two attached hydrogens (primary N) is 1. The van der Waals surface area contributed by atoms with Crippen LogP contribution in [0.2, 0.25) is 0 Å². The Bertz CT molecular complexity index is 1210. The summed E-state index contributed by atoms with van der Waals surface area (Å²) in [4.78, 5) is 15.4. The van der Waals surface area contributed by atoms with Gasteiger partial charge in [0.15, 0.2) is 5.60 Å². The Kier molecular flexibility index (Phi) is 7.46. The van der Waals surface area contributed by atoms with Gasteiger partial charge in [0.2, 0.25) is 0 Å². The smallest absolute Gasteiger partial charge is 0.376 e. The normalized spacial score (nSPS) is 24.3. The van der Waals surface area contributed by atoms with E-state index in [1.807, 2.05) is 35.2 Å². The molecule has 0 spiro atoms. The van der Waals surface area contributed by atoms with Gasteiger partial charge in [-0.05, 0) is 68.7 Å². The van der Waals surface area contributed by atoms with Gasteiger partial charge in [-0.3, -0.25) is 4.79 Å². The lowest BCUT2D eigenvalue weighted by Crippen LogP contribution is -2.50. The van der Waals surface area contributed by atoms with E-state index in [-0.39, 0.29) is 35.7 Å². The first-order valence-electron chi connectivity index (χ1n) is 12.3. The molecule has 0 bridgehead atoms. The molecule has 0 unspecified atom stereocenters. The molecule has 2 saturated carbocycles. The minimum absolute atomic E-state index is 0.0715. The van der Waals surface area contributed by atoms with E-state index in [0.29, 0.717) is 32.6 Å². The molecule has 1 amide bonds. The zero-order valence-electron chi connectivity index (χ0n) is 20.5. The van der Waals surface area contributed by atoms with Crippen LogP contribution in [0, 0.1) is 0 Å². The van der Waals surface area contributed by atoms with E-state index in [4.69, 9.17) is 5.14 Å². The van der Waals surface area contributed by atoms with Crippen LogP contribution in [-0.4, -0.2) is 49.1 Å². The van der Waals surface area contributed by atoms with Gasteiger partial charge in [0.1, 0.15) is 0 Å². The molecule has 11 heteroatoms. The molecule has 1 atom stereocenters. The van der Waals surface area contributed by atoms with Crippen LogP contribution in [-0.2, 0) is 21.2 Å². The van der Waals surface area contributed by atoms with Gasteiger partial charge in [0.05, 0.1) is 0 Å². The Labute approximate surface area is 215 Å². The van der Waals surface area contributed by atoms with E-state index >= 15 is 0 Å². The summed E-state index contributed by atoms with van der Waals surface area (Å²) in [5.41, 5.74) is -2.54. The second kappa shape index (κ2) is 10.0. The van der Waals surface area contributed by atoms with Gasteiger partial charge in [0, 0.05) is 29.6 Å². The predicted octanol–water partition coefficient (Wildman–Crippen LogP) is 3.73. The molecule has 202 valence electrons. The Morgan fingerprint density at radius 1 is 1.03 bits per heavy atom. The zero-order chi connectivity index (χ0) is 27.1. The number of alkyl halides is 3. The lowest BCUT2D eigenvalue weighted by Gasteiger charge is -2.44. The summed E-state index contributed by atoms with van der Waals surface area (Å²) in [5, 5.41) is 15.1. The number of hydrogen-bond acceptors (Lipinski definition) is 4. The van der Waals surface area contributed by atoms with Gasteiger partial charge in [-0.15, -0.1) is 0 Å². The van der Waals surface area contributed by atoms with Crippen molar-refractivity contribution in [1.29, 1.82) is 0 Å². The highest BCUT2D eigenvalue weighted by molar-refractivity contribution is 7.87. The maximum atomic E-state index is 13.5. The van der Waals surface area contributed by atoms with Gasteiger partial charge in [0.25, 0.3) is 16.1 Å². The summed E-state index contributed by atoms with van der Waals surface area (Å²) in [7, 11) is -3.88. The third kappa shape index (κ3) is 6.00. The molecule has 37 heavy (non-hydrogen) atoms. The summed E-state index contributed by atoms with van der Waals surface area (Å²) in [6, 6.07) is 14.6. The van der Waals surface area contributed by atoms with Gasteiger partial charge in [-0.1, -0.05) is 42.5 Å². The number of carbonyl (C=O) groups excluding carboxylic acids is 1. The fourth-order valence-electron chi connectivity index (χ4n) is 5.26. The number of aliphatic hydroxyl groups is 1. The van der Waals surface area contributed by atoms with E-state index in [1.54, 1.807) is 0 Å². The zero-order valence-corrected chi connectivity index (χ0v) is 21.4. The van der Waals surface area contributed by atoms with E-state index in [9.17, 15) is 31.5 Å². The Morgan fingerprint density at radius 3 is 2.05 bits per heavy atom. The third-order valence-corrected chi connectivity index (χ3v) is 8.27. The van der Waals surface area contributed by atoms with Crippen LogP contribution in [0.4, 0.5) is 13.2 Å². The monoisotopic (exact) mass is 539 g/mol. The van der Waals surface area contributed by atoms with Crippen molar-refractivity contribution in [1.82, 2.24) is 9.62 Å². The minimum Gasteiger partial charge on any atom is -0.376 e. The molecule has 2 fully saturated rings. The van der Waals surface area contributed by atoms with Crippen molar-refractivity contribution in [2.75, 3.05) is 6.54 Å². The highest BCUT2D eigenvalue weighted by Gasteiger charge is 2.51. The van der Waals surface area contributed by atoms with Gasteiger partial charge < -0.3 is 10.0 Å². The summed E-state index contributed by atoms with van der Waals surface area (Å²) in [6.45, 7) is 0.840. The molecule has 2 aliphatic rings. The number of amides is 1.